The predicted molar refractivity (Wildman–Crippen MR) is 241 cm³/mol. The first kappa shape index (κ1) is 57.7. The molecule has 67 heavy (non-hydrogen) atoms. The number of aliphatic carboxylic acids is 1. The van der Waals surface area contributed by atoms with Gasteiger partial charge in [0.15, 0.2) is 23.1 Å². The third-order valence-electron chi connectivity index (χ3n) is 12.0. The number of carboxylic acid groups (broad SMARTS) is 1. The van der Waals surface area contributed by atoms with Crippen molar-refractivity contribution in [2.24, 2.45) is 41.1 Å². The number of nitrogens with two attached hydrogens (primary N) is 2. The van der Waals surface area contributed by atoms with Gasteiger partial charge in [-0.25, -0.2) is 0 Å². The number of primary amides is 2. The highest BCUT2D eigenvalue weighted by molar-refractivity contribution is 5.97. The monoisotopic (exact) mass is 948 g/mol. The van der Waals surface area contributed by atoms with E-state index in [-0.39, 0.29) is 121 Å². The molecule has 2 aliphatic heterocycles. The van der Waals surface area contributed by atoms with Gasteiger partial charge in [-0.15, -0.1) is 0 Å². The molecule has 21 nitrogen and oxygen atoms in total. The molecule has 2 fully saturated rings. The van der Waals surface area contributed by atoms with Crippen LogP contribution in [0.4, 0.5) is 0 Å². The second-order valence-corrected chi connectivity index (χ2v) is 18.9. The second-order valence-electron chi connectivity index (χ2n) is 18.9. The van der Waals surface area contributed by atoms with Crippen LogP contribution in [-0.2, 0) is 57.5 Å². The number of aliphatic hydroxyl groups excluding tert-OH is 1. The van der Waals surface area contributed by atoms with E-state index in [0.717, 1.165) is 0 Å². The molecule has 6 amide bonds. The van der Waals surface area contributed by atoms with Crippen LogP contribution in [0.25, 0.3) is 0 Å². The number of likely N-dealkylation sites (tertiary alicyclic amines) is 1. The van der Waals surface area contributed by atoms with Crippen molar-refractivity contribution >= 4 is 70.3 Å². The fourth-order valence-electron chi connectivity index (χ4n) is 8.42. The van der Waals surface area contributed by atoms with E-state index in [1.807, 2.05) is 27.7 Å². The number of Topliss-reactive ketones (excluding diaryl/α,β-unsaturated/α-hetero) is 5. The van der Waals surface area contributed by atoms with Gasteiger partial charge in [0.05, 0.1) is 42.7 Å². The fourth-order valence-corrected chi connectivity index (χ4v) is 8.42. The Balaban J connectivity index is 1.98. The fraction of sp³-hybridized carbons (Fsp3) is 0.739. The standard InChI is InChI=1S/C46H73N7O14/c1-25(2)17-29(45(65)51-27(5)36(56)11-15-43(63)53-16-6-7-35(53)39(59)20-28(46(66)67)8-12-40(47)60)19-31(54)24-50-44(64)30(18-26(3)4)21-38(58)33(9-13-41(48)61)52-42(62)14-10-37(57)34-22-32(55)23-49-34/h25-30,32-35,49,55H,6-24H2,1-5H3,(H2,47,60)(H2,48,61)(H,50,64)(H,51,65)(H,52,62)(H,66,67)/t27-,28+,29+,30+,32+,33-,34-,35-/m0/s1. The Hall–Kier alpha value is -5.44. The molecule has 376 valence electrons. The van der Waals surface area contributed by atoms with E-state index in [4.69, 9.17) is 11.5 Å². The maximum atomic E-state index is 13.6. The highest BCUT2D eigenvalue weighted by Crippen LogP contribution is 2.25. The average Bonchev–Trinajstić information content (AvgIpc) is 3.92. The van der Waals surface area contributed by atoms with Gasteiger partial charge in [-0.3, -0.25) is 57.5 Å². The van der Waals surface area contributed by atoms with Crippen molar-refractivity contribution in [2.45, 2.75) is 168 Å². The van der Waals surface area contributed by atoms with Crippen LogP contribution in [0.2, 0.25) is 0 Å². The highest BCUT2D eigenvalue weighted by atomic mass is 16.4. The number of rotatable bonds is 33. The van der Waals surface area contributed by atoms with Gasteiger partial charge in [0.1, 0.15) is 5.78 Å². The first-order valence-corrected chi connectivity index (χ1v) is 23.4. The third kappa shape index (κ3) is 21.4. The van der Waals surface area contributed by atoms with Crippen LogP contribution >= 0.6 is 0 Å². The number of carbonyl (C=O) groups is 12. The second kappa shape index (κ2) is 28.7. The summed E-state index contributed by atoms with van der Waals surface area (Å²) < 4.78 is 0. The summed E-state index contributed by atoms with van der Waals surface area (Å²) in [6.45, 7) is 8.85. The lowest BCUT2D eigenvalue weighted by Crippen LogP contribution is -2.45. The van der Waals surface area contributed by atoms with Gasteiger partial charge in [-0.1, -0.05) is 27.7 Å². The summed E-state index contributed by atoms with van der Waals surface area (Å²) in [5, 5.41) is 29.9. The Morgan fingerprint density at radius 2 is 1.30 bits per heavy atom. The van der Waals surface area contributed by atoms with E-state index in [1.165, 1.54) is 11.8 Å². The Morgan fingerprint density at radius 1 is 0.687 bits per heavy atom. The van der Waals surface area contributed by atoms with Crippen LogP contribution in [0.1, 0.15) is 137 Å². The van der Waals surface area contributed by atoms with Crippen molar-refractivity contribution in [2.75, 3.05) is 19.6 Å². The molecule has 0 radical (unpaired) electrons. The number of β-amino-alcohol motifs (C(OH)–C–C–N with tert-alkyl or cyclic N) is 1. The first-order valence-electron chi connectivity index (χ1n) is 23.4. The molecule has 0 aromatic carbocycles. The number of nitrogens with one attached hydrogen (secondary N) is 4. The number of carbonyl (C=O) groups excluding carboxylic acids is 11. The van der Waals surface area contributed by atoms with Crippen molar-refractivity contribution in [1.82, 2.24) is 26.2 Å². The summed E-state index contributed by atoms with van der Waals surface area (Å²) in [6, 6.07) is -3.67. The summed E-state index contributed by atoms with van der Waals surface area (Å²) in [6.07, 6.45) is -1.74. The molecular formula is C46H73N7O14. The van der Waals surface area contributed by atoms with Crippen LogP contribution in [0.3, 0.4) is 0 Å². The molecule has 0 aromatic heterocycles. The number of amides is 6. The summed E-state index contributed by atoms with van der Waals surface area (Å²) >= 11 is 0. The summed E-state index contributed by atoms with van der Waals surface area (Å²) in [5.74, 6) is -10.3. The van der Waals surface area contributed by atoms with Crippen molar-refractivity contribution in [1.29, 1.82) is 0 Å². The van der Waals surface area contributed by atoms with Crippen molar-refractivity contribution < 1.29 is 67.7 Å². The quantitative estimate of drug-likeness (QED) is 0.0427. The van der Waals surface area contributed by atoms with Crippen LogP contribution in [0.5, 0.6) is 0 Å². The lowest BCUT2D eigenvalue weighted by Gasteiger charge is -2.25. The number of nitrogens with zero attached hydrogens (tertiary/aromatic N) is 1. The molecule has 0 aromatic rings. The van der Waals surface area contributed by atoms with E-state index >= 15 is 0 Å². The molecule has 0 aliphatic carbocycles. The smallest absolute Gasteiger partial charge is 0.306 e. The summed E-state index contributed by atoms with van der Waals surface area (Å²) in [5.41, 5.74) is 10.5. The Labute approximate surface area is 391 Å². The van der Waals surface area contributed by atoms with Crippen molar-refractivity contribution in [3.05, 3.63) is 0 Å². The molecule has 0 spiro atoms. The van der Waals surface area contributed by atoms with Gasteiger partial charge in [0.2, 0.25) is 35.4 Å². The van der Waals surface area contributed by atoms with E-state index in [1.54, 1.807) is 0 Å². The van der Waals surface area contributed by atoms with Gasteiger partial charge < -0.3 is 47.8 Å². The number of hydrogen-bond donors (Lipinski definition) is 8. The molecule has 0 unspecified atom stereocenters. The van der Waals surface area contributed by atoms with Gasteiger partial charge in [-0.05, 0) is 63.7 Å². The molecule has 10 N–H and O–H groups in total. The Morgan fingerprint density at radius 3 is 1.87 bits per heavy atom. The molecule has 21 heteroatoms. The molecule has 2 heterocycles. The minimum Gasteiger partial charge on any atom is -0.481 e. The largest absolute Gasteiger partial charge is 0.481 e. The van der Waals surface area contributed by atoms with Crippen LogP contribution in [-0.4, -0.2) is 135 Å². The lowest BCUT2D eigenvalue weighted by atomic mass is 9.88. The van der Waals surface area contributed by atoms with Gasteiger partial charge >= 0.3 is 5.97 Å². The topological polar surface area (TPSA) is 349 Å². The SMILES string of the molecule is CC(C)C[C@H](CC(=O)[C@H](CCC(N)=O)NC(=O)CCC(=O)[C@@H]1C[C@@H](O)CN1)C(=O)NCC(=O)C[C@@H](CC(C)C)C(=O)N[C@@H](C)C(=O)CCC(=O)N1CCC[C@H]1C(=O)C[C@@H](CCC(N)=O)C(=O)O. The molecule has 2 aliphatic rings. The number of ketones is 5. The van der Waals surface area contributed by atoms with Crippen LogP contribution in [0.15, 0.2) is 0 Å². The summed E-state index contributed by atoms with van der Waals surface area (Å²) in [4.78, 5) is 154. The zero-order valence-corrected chi connectivity index (χ0v) is 39.6. The normalized spacial score (nSPS) is 19.2. The minimum atomic E-state index is -1.25. The maximum Gasteiger partial charge on any atom is 0.306 e. The maximum absolute atomic E-state index is 13.6. The zero-order valence-electron chi connectivity index (χ0n) is 39.6. The number of aliphatic hydroxyl groups is 1. The minimum absolute atomic E-state index is 0.0462. The number of hydrogen-bond acceptors (Lipinski definition) is 14. The lowest BCUT2D eigenvalue weighted by molar-refractivity contribution is -0.145. The van der Waals surface area contributed by atoms with E-state index in [0.29, 0.717) is 12.8 Å². The highest BCUT2D eigenvalue weighted by Gasteiger charge is 2.37. The van der Waals surface area contributed by atoms with Gasteiger partial charge in [-0.2, -0.15) is 0 Å². The van der Waals surface area contributed by atoms with Crippen LogP contribution < -0.4 is 32.7 Å². The molecule has 8 atom stereocenters. The predicted octanol–water partition coefficient (Wildman–Crippen LogP) is -0.0615. The van der Waals surface area contributed by atoms with Crippen molar-refractivity contribution in [3.8, 4) is 0 Å². The Bertz CT molecular complexity index is 1820. The molecule has 0 bridgehead atoms. The molecule has 2 saturated heterocycles. The van der Waals surface area contributed by atoms with Crippen LogP contribution in [0, 0.1) is 29.6 Å². The van der Waals surface area contributed by atoms with Crippen molar-refractivity contribution in [3.63, 3.8) is 0 Å². The third-order valence-corrected chi connectivity index (χ3v) is 12.0. The molecular weight excluding hydrogens is 875 g/mol. The van der Waals surface area contributed by atoms with Gasteiger partial charge in [0, 0.05) is 82.7 Å². The Kier molecular flexibility index (Phi) is 24.7. The zero-order chi connectivity index (χ0) is 50.5. The van der Waals surface area contributed by atoms with E-state index in [2.05, 4.69) is 21.3 Å². The van der Waals surface area contributed by atoms with E-state index in [9.17, 15) is 67.7 Å². The molecule has 2 rings (SSSR count). The first-order chi connectivity index (χ1) is 31.4. The molecule has 0 saturated carbocycles. The summed E-state index contributed by atoms with van der Waals surface area (Å²) in [7, 11) is 0. The number of carboxylic acids is 1. The average molecular weight is 948 g/mol. The van der Waals surface area contributed by atoms with Gasteiger partial charge in [0.25, 0.3) is 0 Å². The van der Waals surface area contributed by atoms with E-state index < -0.39 is 119 Å².